The number of sulfone groups is 1. The lowest BCUT2D eigenvalue weighted by atomic mass is 10.0. The Labute approximate surface area is 242 Å². The molecule has 2 aliphatic rings. The van der Waals surface area contributed by atoms with Gasteiger partial charge < -0.3 is 14.5 Å². The summed E-state index contributed by atoms with van der Waals surface area (Å²) in [5.41, 5.74) is 4.37. The van der Waals surface area contributed by atoms with E-state index in [-0.39, 0.29) is 5.75 Å². The summed E-state index contributed by atoms with van der Waals surface area (Å²) in [5.74, 6) is 0.940. The van der Waals surface area contributed by atoms with E-state index in [2.05, 4.69) is 46.0 Å². The zero-order chi connectivity index (χ0) is 28.4. The summed E-state index contributed by atoms with van der Waals surface area (Å²) in [7, 11) is 0.488. The molecule has 0 atom stereocenters. The summed E-state index contributed by atoms with van der Waals surface area (Å²) in [6, 6.07) is 3.06. The largest absolute Gasteiger partial charge is 0.481 e. The number of hydrogen-bond acceptors (Lipinski definition) is 10. The Kier molecular flexibility index (Phi) is 8.94. The second-order valence-electron chi connectivity index (χ2n) is 11.6. The van der Waals surface area contributed by atoms with Crippen LogP contribution in [0.3, 0.4) is 0 Å². The number of rotatable bonds is 9. The van der Waals surface area contributed by atoms with Crippen LogP contribution in [-0.2, 0) is 22.1 Å². The smallest absolute Gasteiger partial charge is 0.226 e. The molecule has 2 saturated heterocycles. The van der Waals surface area contributed by atoms with Crippen molar-refractivity contribution >= 4 is 37.3 Å². The van der Waals surface area contributed by atoms with Crippen LogP contribution in [0.25, 0.3) is 21.5 Å². The topological polar surface area (TPSA) is 91.8 Å². The lowest BCUT2D eigenvalue weighted by Gasteiger charge is -2.38. The molecule has 9 nitrogen and oxygen atoms in total. The molecule has 0 radical (unpaired) electrons. The minimum atomic E-state index is -3.27. The monoisotopic (exact) mass is 586 g/mol. The van der Waals surface area contributed by atoms with Crippen molar-refractivity contribution in [1.29, 1.82) is 0 Å². The fourth-order valence-corrected chi connectivity index (χ4v) is 7.62. The third kappa shape index (κ3) is 6.58. The number of fused-ring (bicyclic) bond motifs is 1. The van der Waals surface area contributed by atoms with Gasteiger partial charge in [-0.2, -0.15) is 0 Å². The quantitative estimate of drug-likeness (QED) is 0.357. The number of anilines is 1. The lowest BCUT2D eigenvalue weighted by molar-refractivity contribution is 0.104. The fraction of sp³-hybridized carbons (Fsp3) is 0.621. The number of likely N-dealkylation sites (tertiary alicyclic amines) is 1. The molecular formula is C29H42N6O3S2. The SMILES string of the molecule is COc1ncc(-c2nc(N3CCCCC3)nc3c(CN4CCC(N(C)C(C)C)CC4)csc23)cc1CS(C)(=O)=O. The minimum absolute atomic E-state index is 0.137. The molecular weight excluding hydrogens is 544 g/mol. The molecule has 0 N–H and O–H groups in total. The number of hydrogen-bond donors (Lipinski definition) is 0. The van der Waals surface area contributed by atoms with Crippen molar-refractivity contribution in [3.8, 4) is 17.1 Å². The van der Waals surface area contributed by atoms with Gasteiger partial charge in [0.15, 0.2) is 9.84 Å². The lowest BCUT2D eigenvalue weighted by Crippen LogP contribution is -2.45. The van der Waals surface area contributed by atoms with Crippen LogP contribution < -0.4 is 9.64 Å². The number of methoxy groups -OCH3 is 1. The number of ether oxygens (including phenoxy) is 1. The first-order valence-electron chi connectivity index (χ1n) is 14.3. The van der Waals surface area contributed by atoms with E-state index in [1.807, 2.05) is 6.07 Å². The second-order valence-corrected chi connectivity index (χ2v) is 14.6. The van der Waals surface area contributed by atoms with Gasteiger partial charge in [0.25, 0.3) is 0 Å². The third-order valence-electron chi connectivity index (χ3n) is 8.27. The average molecular weight is 587 g/mol. The van der Waals surface area contributed by atoms with Gasteiger partial charge in [-0.15, -0.1) is 11.3 Å². The van der Waals surface area contributed by atoms with Crippen LogP contribution in [0.2, 0.25) is 0 Å². The van der Waals surface area contributed by atoms with E-state index in [1.54, 1.807) is 17.5 Å². The molecule has 11 heteroatoms. The molecule has 0 aliphatic carbocycles. The highest BCUT2D eigenvalue weighted by Gasteiger charge is 2.26. The van der Waals surface area contributed by atoms with Gasteiger partial charge in [-0.05, 0) is 77.5 Å². The highest BCUT2D eigenvalue weighted by Crippen LogP contribution is 2.37. The van der Waals surface area contributed by atoms with Crippen molar-refractivity contribution in [3.05, 3.63) is 28.8 Å². The summed E-state index contributed by atoms with van der Waals surface area (Å²) in [4.78, 5) is 22.0. The molecule has 3 aromatic rings. The van der Waals surface area contributed by atoms with Crippen LogP contribution in [0, 0.1) is 0 Å². The maximum atomic E-state index is 12.2. The van der Waals surface area contributed by atoms with E-state index in [0.717, 1.165) is 73.0 Å². The van der Waals surface area contributed by atoms with E-state index in [4.69, 9.17) is 14.7 Å². The Morgan fingerprint density at radius 2 is 1.82 bits per heavy atom. The predicted molar refractivity (Wildman–Crippen MR) is 163 cm³/mol. The first-order valence-corrected chi connectivity index (χ1v) is 17.3. The number of thiophene rings is 1. The summed E-state index contributed by atoms with van der Waals surface area (Å²) in [5, 5.41) is 2.23. The predicted octanol–water partition coefficient (Wildman–Crippen LogP) is 4.60. The van der Waals surface area contributed by atoms with Gasteiger partial charge in [-0.25, -0.2) is 23.4 Å². The molecule has 5 heterocycles. The van der Waals surface area contributed by atoms with Crippen molar-refractivity contribution in [1.82, 2.24) is 24.8 Å². The van der Waals surface area contributed by atoms with Gasteiger partial charge in [0, 0.05) is 60.9 Å². The molecule has 5 rings (SSSR count). The molecule has 0 amide bonds. The zero-order valence-corrected chi connectivity index (χ0v) is 26.0. The summed E-state index contributed by atoms with van der Waals surface area (Å²) < 4.78 is 30.7. The minimum Gasteiger partial charge on any atom is -0.481 e. The first kappa shape index (κ1) is 29.2. The Morgan fingerprint density at radius 1 is 1.10 bits per heavy atom. The van der Waals surface area contributed by atoms with Crippen LogP contribution in [0.15, 0.2) is 17.6 Å². The van der Waals surface area contributed by atoms with Gasteiger partial charge in [0.1, 0.15) is 0 Å². The van der Waals surface area contributed by atoms with Gasteiger partial charge in [-0.1, -0.05) is 0 Å². The molecule has 2 fully saturated rings. The number of piperidine rings is 2. The van der Waals surface area contributed by atoms with Crippen LogP contribution in [0.5, 0.6) is 5.88 Å². The molecule has 0 bridgehead atoms. The summed E-state index contributed by atoms with van der Waals surface area (Å²) in [6.45, 7) is 9.45. The Balaban J connectivity index is 1.50. The molecule has 2 aliphatic heterocycles. The van der Waals surface area contributed by atoms with E-state index >= 15 is 0 Å². The van der Waals surface area contributed by atoms with Gasteiger partial charge in [0.2, 0.25) is 11.8 Å². The second kappa shape index (κ2) is 12.3. The maximum Gasteiger partial charge on any atom is 0.226 e. The highest BCUT2D eigenvalue weighted by molar-refractivity contribution is 7.89. The maximum absolute atomic E-state index is 12.2. The fourth-order valence-electron chi connectivity index (χ4n) is 5.84. The average Bonchev–Trinajstić information content (AvgIpc) is 3.34. The molecule has 3 aromatic heterocycles. The highest BCUT2D eigenvalue weighted by atomic mass is 32.2. The van der Waals surface area contributed by atoms with Crippen LogP contribution >= 0.6 is 11.3 Å². The molecule has 0 unspecified atom stereocenters. The molecule has 218 valence electrons. The molecule has 0 aromatic carbocycles. The van der Waals surface area contributed by atoms with Crippen LogP contribution in [0.4, 0.5) is 5.95 Å². The van der Waals surface area contributed by atoms with Gasteiger partial charge in [-0.3, -0.25) is 4.90 Å². The van der Waals surface area contributed by atoms with Crippen molar-refractivity contribution in [2.45, 2.75) is 70.3 Å². The normalized spacial score (nSPS) is 17.8. The van der Waals surface area contributed by atoms with Gasteiger partial charge >= 0.3 is 0 Å². The number of aromatic nitrogens is 3. The standard InChI is InChI=1S/C29H42N6O3S2/c1-20(2)33(3)24-9-13-34(14-10-24)17-23-18-39-27-25(31-29(32-26(23)27)35-11-7-6-8-12-35)21-15-22(19-40(5,36)37)28(38-4)30-16-21/h15-16,18,20,24H,6-14,17,19H2,1-5H3. The van der Waals surface area contributed by atoms with Gasteiger partial charge in [0.05, 0.1) is 28.8 Å². The number of pyridine rings is 1. The first-order chi connectivity index (χ1) is 19.1. The molecule has 0 spiro atoms. The van der Waals surface area contributed by atoms with Crippen LogP contribution in [-0.4, -0.2) is 91.8 Å². The van der Waals surface area contributed by atoms with Crippen LogP contribution in [0.1, 0.15) is 57.1 Å². The van der Waals surface area contributed by atoms with E-state index < -0.39 is 9.84 Å². The summed E-state index contributed by atoms with van der Waals surface area (Å²) >= 11 is 1.66. The Hall–Kier alpha value is -2.34. The Morgan fingerprint density at radius 3 is 2.48 bits per heavy atom. The molecule has 0 saturated carbocycles. The molecule has 40 heavy (non-hydrogen) atoms. The third-order valence-corrected chi connectivity index (χ3v) is 10.1. The summed E-state index contributed by atoms with van der Waals surface area (Å²) in [6.07, 6.45) is 8.82. The van der Waals surface area contributed by atoms with E-state index in [1.165, 1.54) is 38.2 Å². The van der Waals surface area contributed by atoms with Crippen molar-refractivity contribution in [2.24, 2.45) is 0 Å². The van der Waals surface area contributed by atoms with E-state index in [0.29, 0.717) is 23.5 Å². The van der Waals surface area contributed by atoms with Crippen molar-refractivity contribution < 1.29 is 13.2 Å². The zero-order valence-electron chi connectivity index (χ0n) is 24.4. The Bertz CT molecular complexity index is 1430. The van der Waals surface area contributed by atoms with E-state index in [9.17, 15) is 8.42 Å². The van der Waals surface area contributed by atoms with Crippen molar-refractivity contribution in [3.63, 3.8) is 0 Å². The number of nitrogens with zero attached hydrogens (tertiary/aromatic N) is 6. The van der Waals surface area contributed by atoms with Crippen molar-refractivity contribution in [2.75, 3.05) is 51.5 Å².